The molecule has 0 aliphatic carbocycles. The van der Waals surface area contributed by atoms with Gasteiger partial charge in [-0.3, -0.25) is 4.79 Å². The number of rotatable bonds is 8. The van der Waals surface area contributed by atoms with E-state index in [2.05, 4.69) is 24.5 Å². The van der Waals surface area contributed by atoms with E-state index in [4.69, 9.17) is 4.74 Å². The number of para-hydroxylation sites is 1. The van der Waals surface area contributed by atoms with Crippen LogP contribution in [0.1, 0.15) is 20.8 Å². The highest BCUT2D eigenvalue weighted by Crippen LogP contribution is 2.05. The summed E-state index contributed by atoms with van der Waals surface area (Å²) in [5, 5.41) is 6.00. The molecule has 0 heterocycles. The van der Waals surface area contributed by atoms with E-state index in [0.717, 1.165) is 12.3 Å². The van der Waals surface area contributed by atoms with Gasteiger partial charge in [0.05, 0.1) is 12.6 Å². The van der Waals surface area contributed by atoms with Gasteiger partial charge in [0.1, 0.15) is 0 Å². The number of nitrogens with one attached hydrogen (secondary N) is 2. The minimum absolute atomic E-state index is 0.0324. The number of benzene rings is 1. The van der Waals surface area contributed by atoms with Crippen molar-refractivity contribution < 1.29 is 9.53 Å². The molecule has 1 aromatic rings. The standard InChI is InChI=1S/C15H24N2O2/c1-12(2)11-19-10-9-16-13(3)15(18)17-14-7-5-4-6-8-14/h4-8,12-13,16H,9-11H2,1-3H3,(H,17,18). The molecule has 2 N–H and O–H groups in total. The van der Waals surface area contributed by atoms with Crippen LogP contribution in [0, 0.1) is 5.92 Å². The van der Waals surface area contributed by atoms with Crippen molar-refractivity contribution in [2.24, 2.45) is 5.92 Å². The zero-order valence-corrected chi connectivity index (χ0v) is 12.0. The summed E-state index contributed by atoms with van der Waals surface area (Å²) >= 11 is 0. The van der Waals surface area contributed by atoms with Gasteiger partial charge in [0.15, 0.2) is 0 Å². The molecule has 1 amide bonds. The Labute approximate surface area is 115 Å². The van der Waals surface area contributed by atoms with E-state index in [9.17, 15) is 4.79 Å². The predicted octanol–water partition coefficient (Wildman–Crippen LogP) is 2.28. The predicted molar refractivity (Wildman–Crippen MR) is 78.2 cm³/mol. The molecule has 4 nitrogen and oxygen atoms in total. The van der Waals surface area contributed by atoms with Gasteiger partial charge >= 0.3 is 0 Å². The molecule has 0 aromatic heterocycles. The second-order valence-corrected chi connectivity index (χ2v) is 5.00. The average Bonchev–Trinajstić information content (AvgIpc) is 2.38. The Morgan fingerprint density at radius 3 is 2.53 bits per heavy atom. The lowest BCUT2D eigenvalue weighted by atomic mass is 10.2. The van der Waals surface area contributed by atoms with Gasteiger partial charge in [-0.25, -0.2) is 0 Å². The summed E-state index contributed by atoms with van der Waals surface area (Å²) < 4.78 is 5.45. The summed E-state index contributed by atoms with van der Waals surface area (Å²) in [4.78, 5) is 11.9. The molecule has 1 rings (SSSR count). The molecule has 0 bridgehead atoms. The molecule has 0 spiro atoms. The monoisotopic (exact) mass is 264 g/mol. The molecule has 0 saturated heterocycles. The molecular formula is C15H24N2O2. The lowest BCUT2D eigenvalue weighted by Crippen LogP contribution is -2.39. The molecule has 1 unspecified atom stereocenters. The highest BCUT2D eigenvalue weighted by atomic mass is 16.5. The first kappa shape index (κ1) is 15.7. The van der Waals surface area contributed by atoms with Crippen LogP contribution in [0.2, 0.25) is 0 Å². The Bertz CT molecular complexity index is 366. The smallest absolute Gasteiger partial charge is 0.241 e. The van der Waals surface area contributed by atoms with Crippen LogP contribution in [0.15, 0.2) is 30.3 Å². The topological polar surface area (TPSA) is 50.4 Å². The summed E-state index contributed by atoms with van der Waals surface area (Å²) in [6.45, 7) is 8.14. The van der Waals surface area contributed by atoms with E-state index in [-0.39, 0.29) is 11.9 Å². The van der Waals surface area contributed by atoms with Crippen LogP contribution in [-0.4, -0.2) is 31.7 Å². The van der Waals surface area contributed by atoms with E-state index >= 15 is 0 Å². The zero-order chi connectivity index (χ0) is 14.1. The van der Waals surface area contributed by atoms with Crippen LogP contribution in [0.5, 0.6) is 0 Å². The molecule has 1 aromatic carbocycles. The second-order valence-electron chi connectivity index (χ2n) is 5.00. The number of carbonyl (C=O) groups is 1. The number of anilines is 1. The highest BCUT2D eigenvalue weighted by Gasteiger charge is 2.11. The summed E-state index contributed by atoms with van der Waals surface area (Å²) in [7, 11) is 0. The number of ether oxygens (including phenoxy) is 1. The van der Waals surface area contributed by atoms with Crippen molar-refractivity contribution in [3.8, 4) is 0 Å². The number of hydrogen-bond acceptors (Lipinski definition) is 3. The van der Waals surface area contributed by atoms with E-state index in [1.54, 1.807) is 0 Å². The molecule has 0 saturated carbocycles. The van der Waals surface area contributed by atoms with Crippen LogP contribution in [0.4, 0.5) is 5.69 Å². The second kappa shape index (κ2) is 8.67. The molecule has 0 aliphatic heterocycles. The molecule has 1 atom stereocenters. The van der Waals surface area contributed by atoms with E-state index in [1.165, 1.54) is 0 Å². The minimum Gasteiger partial charge on any atom is -0.380 e. The Hall–Kier alpha value is -1.39. The van der Waals surface area contributed by atoms with Gasteiger partial charge in [-0.05, 0) is 25.0 Å². The van der Waals surface area contributed by atoms with Gasteiger partial charge in [0.2, 0.25) is 5.91 Å². The first-order valence-electron chi connectivity index (χ1n) is 6.76. The minimum atomic E-state index is -0.233. The first-order chi connectivity index (χ1) is 9.09. The van der Waals surface area contributed by atoms with Crippen LogP contribution < -0.4 is 10.6 Å². The van der Waals surface area contributed by atoms with Crippen molar-refractivity contribution in [3.63, 3.8) is 0 Å². The van der Waals surface area contributed by atoms with Crippen LogP contribution in [0.3, 0.4) is 0 Å². The van der Waals surface area contributed by atoms with Crippen molar-refractivity contribution in [2.75, 3.05) is 25.1 Å². The summed E-state index contributed by atoms with van der Waals surface area (Å²) in [6, 6.07) is 9.22. The zero-order valence-electron chi connectivity index (χ0n) is 12.0. The van der Waals surface area contributed by atoms with Crippen LogP contribution in [0.25, 0.3) is 0 Å². The van der Waals surface area contributed by atoms with E-state index < -0.39 is 0 Å². The number of carbonyl (C=O) groups excluding carboxylic acids is 1. The van der Waals surface area contributed by atoms with Crippen LogP contribution in [-0.2, 0) is 9.53 Å². The number of amides is 1. The van der Waals surface area contributed by atoms with E-state index in [1.807, 2.05) is 37.3 Å². The van der Waals surface area contributed by atoms with Crippen molar-refractivity contribution in [3.05, 3.63) is 30.3 Å². The Morgan fingerprint density at radius 1 is 1.21 bits per heavy atom. The van der Waals surface area contributed by atoms with Gasteiger partial charge in [-0.1, -0.05) is 32.0 Å². The van der Waals surface area contributed by atoms with Crippen molar-refractivity contribution in [1.29, 1.82) is 0 Å². The number of hydrogen-bond donors (Lipinski definition) is 2. The molecule has 0 radical (unpaired) electrons. The Kier molecular flexibility index (Phi) is 7.15. The van der Waals surface area contributed by atoms with Gasteiger partial charge in [-0.15, -0.1) is 0 Å². The SMILES string of the molecule is CC(C)COCCNC(C)C(=O)Nc1ccccc1. The third-order valence-electron chi connectivity index (χ3n) is 2.58. The molecule has 19 heavy (non-hydrogen) atoms. The van der Waals surface area contributed by atoms with Gasteiger partial charge < -0.3 is 15.4 Å². The normalized spacial score (nSPS) is 12.4. The lowest BCUT2D eigenvalue weighted by Gasteiger charge is -2.14. The van der Waals surface area contributed by atoms with Gasteiger partial charge in [0.25, 0.3) is 0 Å². The Balaban J connectivity index is 2.18. The summed E-state index contributed by atoms with van der Waals surface area (Å²) in [5.41, 5.74) is 0.817. The maximum atomic E-state index is 11.9. The van der Waals surface area contributed by atoms with Crippen molar-refractivity contribution >= 4 is 11.6 Å². The largest absolute Gasteiger partial charge is 0.380 e. The fourth-order valence-corrected chi connectivity index (χ4v) is 1.53. The quantitative estimate of drug-likeness (QED) is 0.708. The third-order valence-corrected chi connectivity index (χ3v) is 2.58. The van der Waals surface area contributed by atoms with Gasteiger partial charge in [0, 0.05) is 18.8 Å². The average molecular weight is 264 g/mol. The molecular weight excluding hydrogens is 240 g/mol. The lowest BCUT2D eigenvalue weighted by molar-refractivity contribution is -0.117. The molecule has 106 valence electrons. The first-order valence-corrected chi connectivity index (χ1v) is 6.76. The van der Waals surface area contributed by atoms with Crippen LogP contribution >= 0.6 is 0 Å². The van der Waals surface area contributed by atoms with E-state index in [0.29, 0.717) is 19.1 Å². The molecule has 0 aliphatic rings. The molecule has 0 fully saturated rings. The maximum Gasteiger partial charge on any atom is 0.241 e. The Morgan fingerprint density at radius 2 is 1.89 bits per heavy atom. The van der Waals surface area contributed by atoms with Crippen molar-refractivity contribution in [1.82, 2.24) is 5.32 Å². The third kappa shape index (κ3) is 6.94. The fourth-order valence-electron chi connectivity index (χ4n) is 1.53. The summed E-state index contributed by atoms with van der Waals surface area (Å²) in [6.07, 6.45) is 0. The van der Waals surface area contributed by atoms with Gasteiger partial charge in [-0.2, -0.15) is 0 Å². The van der Waals surface area contributed by atoms with Crippen molar-refractivity contribution in [2.45, 2.75) is 26.8 Å². The molecule has 4 heteroatoms. The fraction of sp³-hybridized carbons (Fsp3) is 0.533. The maximum absolute atomic E-state index is 11.9. The summed E-state index contributed by atoms with van der Waals surface area (Å²) in [5.74, 6) is 0.508. The highest BCUT2D eigenvalue weighted by molar-refractivity contribution is 5.94.